The molecule has 0 bridgehead atoms. The number of benzene rings is 2. The predicted molar refractivity (Wildman–Crippen MR) is 109 cm³/mol. The number of carbonyl (C=O) groups is 1. The average molecular weight is 414 g/mol. The van der Waals surface area contributed by atoms with E-state index in [9.17, 15) is 13.6 Å². The molecule has 1 aromatic heterocycles. The monoisotopic (exact) mass is 414 g/mol. The third kappa shape index (κ3) is 4.84. The van der Waals surface area contributed by atoms with Crippen LogP contribution in [0.3, 0.4) is 0 Å². The number of unbranched alkanes of at least 4 members (excludes halogenated alkanes) is 1. The maximum absolute atomic E-state index is 13.8. The van der Waals surface area contributed by atoms with Crippen molar-refractivity contribution >= 4 is 5.91 Å². The van der Waals surface area contributed by atoms with Crippen LogP contribution in [0.1, 0.15) is 54.3 Å². The van der Waals surface area contributed by atoms with Gasteiger partial charge in [-0.3, -0.25) is 4.79 Å². The quantitative estimate of drug-likeness (QED) is 0.488. The minimum absolute atomic E-state index is 0.0572. The summed E-state index contributed by atoms with van der Waals surface area (Å²) >= 11 is 0. The minimum Gasteiger partial charge on any atom is -0.493 e. The first-order valence-corrected chi connectivity index (χ1v) is 9.84. The molecule has 158 valence electrons. The summed E-state index contributed by atoms with van der Waals surface area (Å²) in [4.78, 5) is 16.8. The van der Waals surface area contributed by atoms with Crippen molar-refractivity contribution in [2.45, 2.75) is 39.7 Å². The summed E-state index contributed by atoms with van der Waals surface area (Å²) in [5, 5.41) is 2.68. The van der Waals surface area contributed by atoms with Gasteiger partial charge < -0.3 is 14.5 Å². The van der Waals surface area contributed by atoms with Gasteiger partial charge in [0.05, 0.1) is 18.2 Å². The van der Waals surface area contributed by atoms with Crippen molar-refractivity contribution in [3.05, 3.63) is 71.1 Å². The van der Waals surface area contributed by atoms with Crippen molar-refractivity contribution < 1.29 is 22.7 Å². The van der Waals surface area contributed by atoms with Crippen LogP contribution in [0, 0.1) is 18.6 Å². The maximum atomic E-state index is 13.8. The van der Waals surface area contributed by atoms with Crippen LogP contribution in [0.4, 0.5) is 8.78 Å². The molecule has 1 N–H and O–H groups in total. The van der Waals surface area contributed by atoms with Crippen LogP contribution in [0.5, 0.6) is 5.75 Å². The van der Waals surface area contributed by atoms with Crippen molar-refractivity contribution in [1.29, 1.82) is 0 Å². The van der Waals surface area contributed by atoms with Gasteiger partial charge in [-0.15, -0.1) is 0 Å². The van der Waals surface area contributed by atoms with Crippen molar-refractivity contribution in [2.24, 2.45) is 0 Å². The van der Waals surface area contributed by atoms with Crippen molar-refractivity contribution in [3.8, 4) is 17.2 Å². The first-order valence-electron chi connectivity index (χ1n) is 9.84. The Bertz CT molecular complexity index is 1010. The van der Waals surface area contributed by atoms with Gasteiger partial charge in [0.2, 0.25) is 5.89 Å². The first-order chi connectivity index (χ1) is 14.4. The number of amides is 1. The van der Waals surface area contributed by atoms with Gasteiger partial charge in [0, 0.05) is 5.56 Å². The number of oxazole rings is 1. The molecule has 1 amide bonds. The van der Waals surface area contributed by atoms with E-state index in [1.165, 1.54) is 25.3 Å². The number of ether oxygens (including phenoxy) is 1. The molecule has 0 aliphatic rings. The SMILES string of the molecule is CCCCOc1ccccc1-c1nc(C(=O)N[C@H](C)c2cc(F)c(C)c(F)c2)co1. The summed E-state index contributed by atoms with van der Waals surface area (Å²) in [6.07, 6.45) is 3.18. The van der Waals surface area contributed by atoms with Gasteiger partial charge in [-0.05, 0) is 50.1 Å². The van der Waals surface area contributed by atoms with E-state index in [-0.39, 0.29) is 17.1 Å². The molecule has 5 nitrogen and oxygen atoms in total. The summed E-state index contributed by atoms with van der Waals surface area (Å²) in [5.74, 6) is -0.946. The standard InChI is InChI=1S/C23H24F2N2O3/c1-4-5-10-29-21-9-7-6-8-17(21)23-27-20(13-30-23)22(28)26-15(3)16-11-18(24)14(2)19(25)12-16/h6-9,11-13,15H,4-5,10H2,1-3H3,(H,26,28)/t15-/m1/s1. The Balaban J connectivity index is 1.74. The molecule has 0 aliphatic carbocycles. The lowest BCUT2D eigenvalue weighted by atomic mass is 10.1. The van der Waals surface area contributed by atoms with Gasteiger partial charge in [0.1, 0.15) is 23.6 Å². The predicted octanol–water partition coefficient (Wildman–Crippen LogP) is 5.60. The fraction of sp³-hybridized carbons (Fsp3) is 0.304. The highest BCUT2D eigenvalue weighted by Crippen LogP contribution is 2.29. The number of halogens is 2. The summed E-state index contributed by atoms with van der Waals surface area (Å²) in [5.41, 5.74) is 0.970. The second kappa shape index (κ2) is 9.52. The zero-order chi connectivity index (χ0) is 21.7. The van der Waals surface area contributed by atoms with Crippen LogP contribution in [-0.2, 0) is 0 Å². The number of para-hydroxylation sites is 1. The molecular weight excluding hydrogens is 390 g/mol. The lowest BCUT2D eigenvalue weighted by Crippen LogP contribution is -2.27. The average Bonchev–Trinajstić information content (AvgIpc) is 3.22. The van der Waals surface area contributed by atoms with Crippen molar-refractivity contribution in [1.82, 2.24) is 10.3 Å². The molecule has 2 aromatic carbocycles. The van der Waals surface area contributed by atoms with Crippen LogP contribution in [0.25, 0.3) is 11.5 Å². The number of hydrogen-bond acceptors (Lipinski definition) is 4. The lowest BCUT2D eigenvalue weighted by molar-refractivity contribution is 0.0934. The molecule has 3 aromatic rings. The highest BCUT2D eigenvalue weighted by atomic mass is 19.1. The molecule has 0 aliphatic heterocycles. The van der Waals surface area contributed by atoms with Crippen LogP contribution in [-0.4, -0.2) is 17.5 Å². The third-order valence-corrected chi connectivity index (χ3v) is 4.76. The largest absolute Gasteiger partial charge is 0.493 e. The molecule has 0 saturated carbocycles. The molecule has 0 unspecified atom stereocenters. The van der Waals surface area contributed by atoms with Gasteiger partial charge in [-0.1, -0.05) is 25.5 Å². The smallest absolute Gasteiger partial charge is 0.273 e. The summed E-state index contributed by atoms with van der Waals surface area (Å²) in [6, 6.07) is 9.10. The van der Waals surface area contributed by atoms with E-state index in [4.69, 9.17) is 9.15 Å². The zero-order valence-electron chi connectivity index (χ0n) is 17.2. The van der Waals surface area contributed by atoms with E-state index in [0.29, 0.717) is 23.5 Å². The number of nitrogens with zero attached hydrogens (tertiary/aromatic N) is 1. The molecule has 0 saturated heterocycles. The molecule has 1 heterocycles. The van der Waals surface area contributed by atoms with Gasteiger partial charge in [0.15, 0.2) is 5.69 Å². The Morgan fingerprint density at radius 1 is 1.23 bits per heavy atom. The van der Waals surface area contributed by atoms with Crippen LogP contribution in [0.15, 0.2) is 47.1 Å². The number of carbonyl (C=O) groups excluding carboxylic acids is 1. The fourth-order valence-electron chi connectivity index (χ4n) is 2.87. The van der Waals surface area contributed by atoms with Crippen LogP contribution < -0.4 is 10.1 Å². The van der Waals surface area contributed by atoms with E-state index in [1.54, 1.807) is 13.0 Å². The Morgan fingerprint density at radius 3 is 2.63 bits per heavy atom. The van der Waals surface area contributed by atoms with E-state index < -0.39 is 23.6 Å². The van der Waals surface area contributed by atoms with Crippen molar-refractivity contribution in [2.75, 3.05) is 6.61 Å². The number of hydrogen-bond donors (Lipinski definition) is 1. The number of rotatable bonds is 8. The molecule has 7 heteroatoms. The van der Waals surface area contributed by atoms with E-state index in [1.807, 2.05) is 18.2 Å². The molecular formula is C23H24F2N2O3. The molecule has 0 radical (unpaired) electrons. The zero-order valence-corrected chi connectivity index (χ0v) is 17.2. The summed E-state index contributed by atoms with van der Waals surface area (Å²) < 4.78 is 38.9. The Kier molecular flexibility index (Phi) is 6.82. The molecule has 30 heavy (non-hydrogen) atoms. The van der Waals surface area contributed by atoms with E-state index in [2.05, 4.69) is 17.2 Å². The Labute approximate surface area is 174 Å². The highest BCUT2D eigenvalue weighted by Gasteiger charge is 2.19. The fourth-order valence-corrected chi connectivity index (χ4v) is 2.87. The second-order valence-electron chi connectivity index (χ2n) is 7.04. The van der Waals surface area contributed by atoms with Crippen molar-refractivity contribution in [3.63, 3.8) is 0 Å². The molecule has 3 rings (SSSR count). The number of nitrogens with one attached hydrogen (secondary N) is 1. The maximum Gasteiger partial charge on any atom is 0.273 e. The molecule has 0 spiro atoms. The van der Waals surface area contributed by atoms with Gasteiger partial charge in [-0.2, -0.15) is 0 Å². The van der Waals surface area contributed by atoms with Crippen LogP contribution >= 0.6 is 0 Å². The molecule has 1 atom stereocenters. The lowest BCUT2D eigenvalue weighted by Gasteiger charge is -2.14. The topological polar surface area (TPSA) is 64.4 Å². The second-order valence-corrected chi connectivity index (χ2v) is 7.04. The Hall–Kier alpha value is -3.22. The summed E-state index contributed by atoms with van der Waals surface area (Å²) in [6.45, 7) is 5.65. The van der Waals surface area contributed by atoms with Gasteiger partial charge in [-0.25, -0.2) is 13.8 Å². The highest BCUT2D eigenvalue weighted by molar-refractivity contribution is 5.92. The van der Waals surface area contributed by atoms with Crippen LogP contribution in [0.2, 0.25) is 0 Å². The van der Waals surface area contributed by atoms with E-state index >= 15 is 0 Å². The normalized spacial score (nSPS) is 11.9. The summed E-state index contributed by atoms with van der Waals surface area (Å²) in [7, 11) is 0. The third-order valence-electron chi connectivity index (χ3n) is 4.76. The van der Waals surface area contributed by atoms with Gasteiger partial charge >= 0.3 is 0 Å². The van der Waals surface area contributed by atoms with Gasteiger partial charge in [0.25, 0.3) is 5.91 Å². The number of aromatic nitrogens is 1. The first kappa shape index (κ1) is 21.5. The minimum atomic E-state index is -0.658. The van der Waals surface area contributed by atoms with E-state index in [0.717, 1.165) is 12.8 Å². The Morgan fingerprint density at radius 2 is 1.93 bits per heavy atom. The molecule has 0 fully saturated rings.